The van der Waals surface area contributed by atoms with Crippen LogP contribution in [-0.4, -0.2) is 80.4 Å². The molecule has 1 aliphatic heterocycles. The summed E-state index contributed by atoms with van der Waals surface area (Å²) in [7, 11) is -1.11. The molecule has 0 aromatic heterocycles. The zero-order valence-electron chi connectivity index (χ0n) is 18.9. The second kappa shape index (κ2) is 11.0. The lowest BCUT2D eigenvalue weighted by Crippen LogP contribution is -2.48. The largest absolute Gasteiger partial charge is 0.465 e. The molecule has 9 nitrogen and oxygen atoms in total. The van der Waals surface area contributed by atoms with Gasteiger partial charge in [0.05, 0.1) is 30.7 Å². The van der Waals surface area contributed by atoms with Crippen LogP contribution in [0.4, 0.5) is 5.69 Å². The van der Waals surface area contributed by atoms with Crippen molar-refractivity contribution in [3.05, 3.63) is 60.2 Å². The van der Waals surface area contributed by atoms with Crippen LogP contribution in [0.5, 0.6) is 0 Å². The zero-order valence-corrected chi connectivity index (χ0v) is 20.6. The smallest absolute Gasteiger partial charge is 0.337 e. The molecule has 0 bridgehead atoms. The van der Waals surface area contributed by atoms with E-state index in [9.17, 15) is 22.8 Å². The van der Waals surface area contributed by atoms with Crippen molar-refractivity contribution in [1.29, 1.82) is 0 Å². The van der Waals surface area contributed by atoms with Crippen LogP contribution in [0.3, 0.4) is 0 Å². The molecule has 2 unspecified atom stereocenters. The standard InChI is InChI=1S/C23H27N3O6S2/c1-25(14-18(27)13-24-17-10-8-16(9-11-17)23(29)32-2)22(28)21-12-19(33)15-26(21)34(30,31)20-6-4-3-5-7-20/h3-11,19,21,24,33H,12-15H2,1-2H3. The van der Waals surface area contributed by atoms with E-state index >= 15 is 0 Å². The van der Waals surface area contributed by atoms with Gasteiger partial charge in [0.2, 0.25) is 15.9 Å². The fourth-order valence-electron chi connectivity index (χ4n) is 3.70. The molecule has 2 aromatic carbocycles. The fourth-order valence-corrected chi connectivity index (χ4v) is 5.84. The predicted molar refractivity (Wildman–Crippen MR) is 130 cm³/mol. The molecule has 3 rings (SSSR count). The number of carbonyl (C=O) groups is 3. The second-order valence-corrected chi connectivity index (χ2v) is 10.6. The average Bonchev–Trinajstić information content (AvgIpc) is 3.25. The summed E-state index contributed by atoms with van der Waals surface area (Å²) in [6, 6.07) is 13.4. The fraction of sp³-hybridized carbons (Fsp3) is 0.348. The third kappa shape index (κ3) is 5.96. The Morgan fingerprint density at radius 2 is 1.76 bits per heavy atom. The first-order valence-electron chi connectivity index (χ1n) is 10.6. The molecule has 182 valence electrons. The lowest BCUT2D eigenvalue weighted by molar-refractivity contribution is -0.136. The molecule has 0 saturated carbocycles. The zero-order chi connectivity index (χ0) is 24.9. The summed E-state index contributed by atoms with van der Waals surface area (Å²) >= 11 is 4.41. The molecule has 1 fully saturated rings. The number of ketones is 1. The number of esters is 1. The van der Waals surface area contributed by atoms with E-state index in [0.29, 0.717) is 11.3 Å². The maximum absolute atomic E-state index is 13.1. The molecular formula is C23H27N3O6S2. The van der Waals surface area contributed by atoms with Gasteiger partial charge in [0, 0.05) is 24.5 Å². The van der Waals surface area contributed by atoms with Crippen molar-refractivity contribution in [3.8, 4) is 0 Å². The Morgan fingerprint density at radius 3 is 2.38 bits per heavy atom. The first-order chi connectivity index (χ1) is 16.1. The number of anilines is 1. The number of likely N-dealkylation sites (N-methyl/N-ethyl adjacent to an activating group) is 1. The molecule has 0 radical (unpaired) electrons. The summed E-state index contributed by atoms with van der Waals surface area (Å²) in [6.07, 6.45) is 0.261. The van der Waals surface area contributed by atoms with Crippen molar-refractivity contribution in [2.45, 2.75) is 22.6 Å². The van der Waals surface area contributed by atoms with Crippen LogP contribution in [0.25, 0.3) is 0 Å². The van der Waals surface area contributed by atoms with Crippen LogP contribution >= 0.6 is 12.6 Å². The number of nitrogens with one attached hydrogen (secondary N) is 1. The Morgan fingerprint density at radius 1 is 1.12 bits per heavy atom. The van der Waals surface area contributed by atoms with E-state index < -0.39 is 27.9 Å². The topological polar surface area (TPSA) is 113 Å². The maximum atomic E-state index is 13.1. The minimum Gasteiger partial charge on any atom is -0.465 e. The number of hydrogen-bond donors (Lipinski definition) is 2. The van der Waals surface area contributed by atoms with Crippen LogP contribution in [0.2, 0.25) is 0 Å². The molecule has 1 saturated heterocycles. The van der Waals surface area contributed by atoms with E-state index in [4.69, 9.17) is 0 Å². The Kier molecular flexibility index (Phi) is 8.34. The number of thiol groups is 1. The normalized spacial score (nSPS) is 18.3. The summed E-state index contributed by atoms with van der Waals surface area (Å²) in [5, 5.41) is 2.66. The van der Waals surface area contributed by atoms with Crippen molar-refractivity contribution >= 4 is 46.0 Å². The SMILES string of the molecule is COC(=O)c1ccc(NCC(=O)CN(C)C(=O)C2CC(S)CN2S(=O)(=O)c2ccccc2)cc1. The number of ether oxygens (including phenoxy) is 1. The summed E-state index contributed by atoms with van der Waals surface area (Å²) in [5.41, 5.74) is 1.02. The quantitative estimate of drug-likeness (QED) is 0.394. The molecule has 1 N–H and O–H groups in total. The number of amides is 1. The predicted octanol–water partition coefficient (Wildman–Crippen LogP) is 1.67. The Labute approximate surface area is 204 Å². The van der Waals surface area contributed by atoms with Gasteiger partial charge in [0.15, 0.2) is 5.78 Å². The molecule has 2 aromatic rings. The van der Waals surface area contributed by atoms with E-state index in [1.807, 2.05) is 0 Å². The Balaban J connectivity index is 1.60. The van der Waals surface area contributed by atoms with Crippen LogP contribution in [0, 0.1) is 0 Å². The van der Waals surface area contributed by atoms with Gasteiger partial charge in [-0.15, -0.1) is 0 Å². The number of sulfonamides is 1. The van der Waals surface area contributed by atoms with Crippen molar-refractivity contribution in [1.82, 2.24) is 9.21 Å². The Bertz CT molecular complexity index is 1140. The van der Waals surface area contributed by atoms with Gasteiger partial charge in [-0.2, -0.15) is 16.9 Å². The van der Waals surface area contributed by atoms with Gasteiger partial charge in [-0.3, -0.25) is 9.59 Å². The van der Waals surface area contributed by atoms with Gasteiger partial charge < -0.3 is 15.0 Å². The van der Waals surface area contributed by atoms with Crippen LogP contribution < -0.4 is 5.32 Å². The molecular weight excluding hydrogens is 478 g/mol. The Hall–Kier alpha value is -2.89. The number of carbonyl (C=O) groups excluding carboxylic acids is 3. The third-order valence-corrected chi connectivity index (χ3v) is 7.72. The molecule has 11 heteroatoms. The summed E-state index contributed by atoms with van der Waals surface area (Å²) in [6.45, 7) is -0.109. The van der Waals surface area contributed by atoms with Crippen molar-refractivity contribution in [2.24, 2.45) is 0 Å². The van der Waals surface area contributed by atoms with Crippen LogP contribution in [-0.2, 0) is 24.3 Å². The van der Waals surface area contributed by atoms with Gasteiger partial charge in [-0.05, 0) is 42.8 Å². The van der Waals surface area contributed by atoms with E-state index in [2.05, 4.69) is 22.7 Å². The van der Waals surface area contributed by atoms with Gasteiger partial charge in [0.25, 0.3) is 0 Å². The van der Waals surface area contributed by atoms with Crippen LogP contribution in [0.1, 0.15) is 16.8 Å². The summed E-state index contributed by atoms with van der Waals surface area (Å²) in [4.78, 5) is 38.4. The maximum Gasteiger partial charge on any atom is 0.337 e. The van der Waals surface area contributed by atoms with Gasteiger partial charge in [0.1, 0.15) is 6.04 Å². The van der Waals surface area contributed by atoms with Gasteiger partial charge in [-0.1, -0.05) is 18.2 Å². The molecule has 34 heavy (non-hydrogen) atoms. The second-order valence-electron chi connectivity index (χ2n) is 7.95. The highest BCUT2D eigenvalue weighted by Crippen LogP contribution is 2.29. The molecule has 0 spiro atoms. The first kappa shape index (κ1) is 25.7. The molecule has 1 amide bonds. The highest BCUT2D eigenvalue weighted by Gasteiger charge is 2.44. The minimum atomic E-state index is -3.88. The molecule has 2 atom stereocenters. The molecule has 0 aliphatic carbocycles. The number of Topliss-reactive ketones (excluding diaryl/α,β-unsaturated/α-hetero) is 1. The number of hydrogen-bond acceptors (Lipinski definition) is 8. The number of methoxy groups -OCH3 is 1. The third-order valence-electron chi connectivity index (χ3n) is 5.45. The highest BCUT2D eigenvalue weighted by molar-refractivity contribution is 7.89. The van der Waals surface area contributed by atoms with Crippen molar-refractivity contribution < 1.29 is 27.5 Å². The van der Waals surface area contributed by atoms with Gasteiger partial charge >= 0.3 is 5.97 Å². The van der Waals surface area contributed by atoms with Crippen LogP contribution in [0.15, 0.2) is 59.5 Å². The van der Waals surface area contributed by atoms with E-state index in [0.717, 1.165) is 0 Å². The minimum absolute atomic E-state index is 0.0406. The summed E-state index contributed by atoms with van der Waals surface area (Å²) < 4.78 is 32.0. The van der Waals surface area contributed by atoms with E-state index in [1.54, 1.807) is 42.5 Å². The monoisotopic (exact) mass is 505 g/mol. The van der Waals surface area contributed by atoms with E-state index in [-0.39, 0.29) is 42.0 Å². The molecule has 1 heterocycles. The van der Waals surface area contributed by atoms with Gasteiger partial charge in [-0.25, -0.2) is 13.2 Å². The number of nitrogens with zero attached hydrogens (tertiary/aromatic N) is 2. The highest BCUT2D eigenvalue weighted by atomic mass is 32.2. The van der Waals surface area contributed by atoms with Crippen molar-refractivity contribution in [2.75, 3.05) is 39.1 Å². The average molecular weight is 506 g/mol. The lowest BCUT2D eigenvalue weighted by atomic mass is 10.2. The summed E-state index contributed by atoms with van der Waals surface area (Å²) in [5.74, 6) is -1.17. The molecule has 1 aliphatic rings. The van der Waals surface area contributed by atoms with E-state index in [1.165, 1.54) is 35.5 Å². The number of benzene rings is 2. The first-order valence-corrected chi connectivity index (χ1v) is 12.5. The number of rotatable bonds is 9. The van der Waals surface area contributed by atoms with Crippen molar-refractivity contribution in [3.63, 3.8) is 0 Å². The lowest BCUT2D eigenvalue weighted by Gasteiger charge is -2.27.